The molecule has 0 aliphatic rings. The number of carbonyl (C=O) groups is 2. The molecule has 0 bridgehead atoms. The van der Waals surface area contributed by atoms with Gasteiger partial charge in [-0.25, -0.2) is 0 Å². The van der Waals surface area contributed by atoms with Gasteiger partial charge in [0.15, 0.2) is 0 Å². The van der Waals surface area contributed by atoms with Crippen molar-refractivity contribution in [1.82, 2.24) is 10.6 Å². The molecule has 0 unspecified atom stereocenters. The number of hydrogen-bond acceptors (Lipinski definition) is 4. The summed E-state index contributed by atoms with van der Waals surface area (Å²) in [6.45, 7) is 9.10. The minimum Gasteiger partial charge on any atom is -0.380 e. The molecule has 0 aromatic rings. The zero-order valence-corrected chi connectivity index (χ0v) is 13.4. The van der Waals surface area contributed by atoms with E-state index in [2.05, 4.69) is 23.3 Å². The van der Waals surface area contributed by atoms with Gasteiger partial charge in [-0.05, 0) is 13.8 Å². The number of carbonyl (C=O) groups excluding carboxylic acids is 2. The van der Waals surface area contributed by atoms with Crippen molar-refractivity contribution in [3.8, 4) is 0 Å². The fraction of sp³-hybridized carbons (Fsp3) is 0.846. The summed E-state index contributed by atoms with van der Waals surface area (Å²) in [5.41, 5.74) is 0. The summed E-state index contributed by atoms with van der Waals surface area (Å²) in [6.07, 6.45) is 0.626. The molecule has 2 N–H and O–H groups in total. The van der Waals surface area contributed by atoms with Gasteiger partial charge in [0.1, 0.15) is 0 Å². The average Bonchev–Trinajstić information content (AvgIpc) is 2.36. The van der Waals surface area contributed by atoms with Gasteiger partial charge in [0, 0.05) is 31.2 Å². The molecule has 0 saturated carbocycles. The SMILES string of the molecule is CC.CC(C)NC(=O)CCNC(=O)CCOCCS. The first-order valence-corrected chi connectivity index (χ1v) is 7.44. The zero-order valence-electron chi connectivity index (χ0n) is 12.5. The fourth-order valence-corrected chi connectivity index (χ4v) is 1.26. The Morgan fingerprint density at radius 3 is 2.26 bits per heavy atom. The van der Waals surface area contributed by atoms with Gasteiger partial charge in [-0.2, -0.15) is 12.6 Å². The summed E-state index contributed by atoms with van der Waals surface area (Å²) in [7, 11) is 0. The molecule has 2 amide bonds. The Morgan fingerprint density at radius 1 is 1.11 bits per heavy atom. The largest absolute Gasteiger partial charge is 0.380 e. The summed E-state index contributed by atoms with van der Waals surface area (Å²) in [4.78, 5) is 22.5. The number of rotatable bonds is 9. The van der Waals surface area contributed by atoms with Crippen molar-refractivity contribution in [3.63, 3.8) is 0 Å². The number of nitrogens with one attached hydrogen (secondary N) is 2. The molecule has 19 heavy (non-hydrogen) atoms. The minimum absolute atomic E-state index is 0.0494. The van der Waals surface area contributed by atoms with Gasteiger partial charge in [0.05, 0.1) is 13.2 Å². The lowest BCUT2D eigenvalue weighted by Gasteiger charge is -2.09. The third-order valence-corrected chi connectivity index (χ3v) is 2.02. The van der Waals surface area contributed by atoms with Crippen LogP contribution in [0.1, 0.15) is 40.5 Å². The van der Waals surface area contributed by atoms with E-state index in [1.54, 1.807) is 0 Å². The first-order valence-electron chi connectivity index (χ1n) is 6.81. The molecular weight excluding hydrogens is 264 g/mol. The standard InChI is InChI=1S/C11H22N2O3S.C2H6/c1-9(2)13-11(15)3-5-12-10(14)4-6-16-7-8-17;1-2/h9,17H,3-8H2,1-2H3,(H,12,14)(H,13,15);1-2H3. The van der Waals surface area contributed by atoms with Gasteiger partial charge in [0.2, 0.25) is 11.8 Å². The van der Waals surface area contributed by atoms with Crippen LogP contribution < -0.4 is 10.6 Å². The quantitative estimate of drug-likeness (QED) is 0.444. The summed E-state index contributed by atoms with van der Waals surface area (Å²) in [5, 5.41) is 5.42. The molecular formula is C13H28N2O3S. The Labute approximate surface area is 122 Å². The highest BCUT2D eigenvalue weighted by atomic mass is 32.1. The van der Waals surface area contributed by atoms with Crippen LogP contribution in [-0.2, 0) is 14.3 Å². The molecule has 0 atom stereocenters. The summed E-state index contributed by atoms with van der Waals surface area (Å²) >= 11 is 3.98. The molecule has 0 fully saturated rings. The normalized spacial score (nSPS) is 9.58. The Hall–Kier alpha value is -0.750. The monoisotopic (exact) mass is 292 g/mol. The smallest absolute Gasteiger partial charge is 0.222 e. The van der Waals surface area contributed by atoms with Crippen molar-refractivity contribution in [2.24, 2.45) is 0 Å². The van der Waals surface area contributed by atoms with E-state index in [1.165, 1.54) is 0 Å². The lowest BCUT2D eigenvalue weighted by Crippen LogP contribution is -2.34. The summed E-state index contributed by atoms with van der Waals surface area (Å²) in [5.74, 6) is 0.505. The van der Waals surface area contributed by atoms with Crippen molar-refractivity contribution in [2.45, 2.75) is 46.6 Å². The second-order valence-corrected chi connectivity index (χ2v) is 4.36. The first-order chi connectivity index (χ1) is 9.06. The van der Waals surface area contributed by atoms with Gasteiger partial charge < -0.3 is 15.4 Å². The van der Waals surface area contributed by atoms with Crippen LogP contribution in [0.3, 0.4) is 0 Å². The number of thiol groups is 1. The van der Waals surface area contributed by atoms with E-state index in [0.29, 0.717) is 38.4 Å². The Bertz CT molecular complexity index is 236. The molecule has 6 heteroatoms. The fourth-order valence-electron chi connectivity index (χ4n) is 1.13. The highest BCUT2D eigenvalue weighted by molar-refractivity contribution is 7.80. The van der Waals surface area contributed by atoms with Crippen molar-refractivity contribution >= 4 is 24.4 Å². The van der Waals surface area contributed by atoms with E-state index in [4.69, 9.17) is 4.74 Å². The van der Waals surface area contributed by atoms with Crippen LogP contribution in [0.25, 0.3) is 0 Å². The summed E-state index contributed by atoms with van der Waals surface area (Å²) in [6, 6.07) is 0.132. The highest BCUT2D eigenvalue weighted by Gasteiger charge is 2.04. The topological polar surface area (TPSA) is 67.4 Å². The van der Waals surface area contributed by atoms with E-state index < -0.39 is 0 Å². The van der Waals surface area contributed by atoms with Crippen LogP contribution in [0.4, 0.5) is 0 Å². The van der Waals surface area contributed by atoms with E-state index in [9.17, 15) is 9.59 Å². The van der Waals surface area contributed by atoms with Crippen LogP contribution in [0.2, 0.25) is 0 Å². The maximum Gasteiger partial charge on any atom is 0.222 e. The first kappa shape index (κ1) is 20.6. The summed E-state index contributed by atoms with van der Waals surface area (Å²) < 4.78 is 5.12. The van der Waals surface area contributed by atoms with Gasteiger partial charge in [0.25, 0.3) is 0 Å². The van der Waals surface area contributed by atoms with Crippen LogP contribution in [0, 0.1) is 0 Å². The lowest BCUT2D eigenvalue weighted by atomic mass is 10.3. The molecule has 0 aliphatic heterocycles. The molecule has 0 aliphatic carbocycles. The van der Waals surface area contributed by atoms with Gasteiger partial charge in [-0.15, -0.1) is 0 Å². The van der Waals surface area contributed by atoms with Crippen molar-refractivity contribution in [2.75, 3.05) is 25.5 Å². The molecule has 114 valence electrons. The lowest BCUT2D eigenvalue weighted by molar-refractivity contribution is -0.123. The molecule has 0 rings (SSSR count). The van der Waals surface area contributed by atoms with Crippen LogP contribution in [0.5, 0.6) is 0 Å². The zero-order chi connectivity index (χ0) is 15.1. The molecule has 0 aromatic carbocycles. The van der Waals surface area contributed by atoms with Crippen molar-refractivity contribution in [1.29, 1.82) is 0 Å². The second-order valence-electron chi connectivity index (χ2n) is 3.91. The Kier molecular flexibility index (Phi) is 16.6. The van der Waals surface area contributed by atoms with Crippen LogP contribution in [-0.4, -0.2) is 43.4 Å². The maximum atomic E-state index is 11.3. The van der Waals surface area contributed by atoms with E-state index in [0.717, 1.165) is 0 Å². The Balaban J connectivity index is 0. The highest BCUT2D eigenvalue weighted by Crippen LogP contribution is 1.86. The van der Waals surface area contributed by atoms with Crippen molar-refractivity contribution in [3.05, 3.63) is 0 Å². The predicted molar refractivity (Wildman–Crippen MR) is 81.5 cm³/mol. The molecule has 0 aromatic heterocycles. The Morgan fingerprint density at radius 2 is 1.74 bits per heavy atom. The van der Waals surface area contributed by atoms with Crippen molar-refractivity contribution < 1.29 is 14.3 Å². The van der Waals surface area contributed by atoms with Crippen LogP contribution >= 0.6 is 12.6 Å². The average molecular weight is 292 g/mol. The minimum atomic E-state index is -0.0958. The van der Waals surface area contributed by atoms with E-state index in [1.807, 2.05) is 27.7 Å². The number of ether oxygens (including phenoxy) is 1. The molecule has 0 heterocycles. The maximum absolute atomic E-state index is 11.3. The predicted octanol–water partition coefficient (Wildman–Crippen LogP) is 1.38. The third kappa shape index (κ3) is 17.2. The van der Waals surface area contributed by atoms with Crippen LogP contribution in [0.15, 0.2) is 0 Å². The molecule has 0 spiro atoms. The second kappa shape index (κ2) is 15.3. The molecule has 0 saturated heterocycles. The van der Waals surface area contributed by atoms with Gasteiger partial charge >= 0.3 is 0 Å². The van der Waals surface area contributed by atoms with E-state index >= 15 is 0 Å². The third-order valence-electron chi connectivity index (χ3n) is 1.83. The molecule has 0 radical (unpaired) electrons. The van der Waals surface area contributed by atoms with E-state index in [-0.39, 0.29) is 17.9 Å². The van der Waals surface area contributed by atoms with Gasteiger partial charge in [-0.1, -0.05) is 13.8 Å². The number of hydrogen-bond donors (Lipinski definition) is 3. The van der Waals surface area contributed by atoms with Gasteiger partial charge in [-0.3, -0.25) is 9.59 Å². The number of amides is 2. The molecule has 5 nitrogen and oxygen atoms in total.